The number of hydrogen-bond acceptors (Lipinski definition) is 6. The monoisotopic (exact) mass is 400 g/mol. The molecule has 0 N–H and O–H groups in total. The summed E-state index contributed by atoms with van der Waals surface area (Å²) in [4.78, 5) is 24.5. The predicted molar refractivity (Wildman–Crippen MR) is 107 cm³/mol. The molecule has 28 heavy (non-hydrogen) atoms. The van der Waals surface area contributed by atoms with Crippen LogP contribution in [0.15, 0.2) is 32.7 Å². The van der Waals surface area contributed by atoms with Crippen LogP contribution in [0.25, 0.3) is 21.9 Å². The van der Waals surface area contributed by atoms with Crippen LogP contribution in [-0.4, -0.2) is 23.8 Å². The van der Waals surface area contributed by atoms with Gasteiger partial charge in [-0.05, 0) is 52.0 Å². The Morgan fingerprint density at radius 3 is 1.54 bits per heavy atom. The van der Waals surface area contributed by atoms with E-state index in [1.807, 2.05) is 13.8 Å². The van der Waals surface area contributed by atoms with E-state index in [1.165, 1.54) is 13.8 Å². The Hall–Kier alpha value is -2.72. The number of rotatable bonds is 2. The van der Waals surface area contributed by atoms with Gasteiger partial charge in [0, 0.05) is 6.66 Å². The molecule has 6 nitrogen and oxygen atoms in total. The van der Waals surface area contributed by atoms with Crippen LogP contribution in [0.4, 0.5) is 0 Å². The molecule has 0 bridgehead atoms. The second kappa shape index (κ2) is 6.71. The van der Waals surface area contributed by atoms with Crippen LogP contribution in [-0.2, 0) is 6.66 Å². The molecular formula is C21H21O6P. The first kappa shape index (κ1) is 18.6. The predicted octanol–water partition coefficient (Wildman–Crippen LogP) is 5.78. The zero-order valence-electron chi connectivity index (χ0n) is 16.4. The van der Waals surface area contributed by atoms with Gasteiger partial charge in [0.05, 0.1) is 21.9 Å². The summed E-state index contributed by atoms with van der Waals surface area (Å²) in [7, 11) is -1.43. The quantitative estimate of drug-likeness (QED) is 0.507. The summed E-state index contributed by atoms with van der Waals surface area (Å²) < 4.78 is 24.4. The van der Waals surface area contributed by atoms with Crippen LogP contribution < -0.4 is 9.47 Å². The van der Waals surface area contributed by atoms with E-state index in [1.54, 1.807) is 30.9 Å². The van der Waals surface area contributed by atoms with Crippen LogP contribution in [0, 0.1) is 0 Å². The molecule has 3 aromatic rings. The maximum atomic E-state index is 12.3. The lowest BCUT2D eigenvalue weighted by Gasteiger charge is -2.26. The van der Waals surface area contributed by atoms with Crippen molar-refractivity contribution >= 4 is 41.5 Å². The fourth-order valence-corrected chi connectivity index (χ4v) is 4.34. The van der Waals surface area contributed by atoms with E-state index < -0.39 is 8.01 Å². The average molecular weight is 400 g/mol. The fraction of sp³-hybridized carbons (Fsp3) is 0.333. The van der Waals surface area contributed by atoms with Gasteiger partial charge < -0.3 is 17.9 Å². The van der Waals surface area contributed by atoms with E-state index >= 15 is 0 Å². The highest BCUT2D eigenvalue weighted by Crippen LogP contribution is 2.45. The molecule has 0 saturated carbocycles. The molecule has 2 aromatic carbocycles. The smallest absolute Gasteiger partial charge is 0.213 e. The van der Waals surface area contributed by atoms with E-state index in [2.05, 4.69) is 0 Å². The molecule has 1 aliphatic rings. The third-order valence-corrected chi connectivity index (χ3v) is 5.85. The molecule has 0 spiro atoms. The number of carbonyl (C=O) groups excluding carboxylic acids is 2. The van der Waals surface area contributed by atoms with Crippen molar-refractivity contribution in [2.24, 2.45) is 6.66 Å². The number of aryl methyl sites for hydroxylation is 1. The number of ketones is 2. The molecule has 0 aliphatic carbocycles. The molecule has 0 radical (unpaired) electrons. The van der Waals surface area contributed by atoms with E-state index in [0.29, 0.717) is 44.6 Å². The Balaban J connectivity index is 2.35. The summed E-state index contributed by atoms with van der Waals surface area (Å²) in [5, 5.41) is 1.18. The van der Waals surface area contributed by atoms with Crippen molar-refractivity contribution in [3.05, 3.63) is 35.4 Å². The first-order valence-electron chi connectivity index (χ1n) is 9.07. The molecule has 146 valence electrons. The highest BCUT2D eigenvalue weighted by atomic mass is 31.1. The Bertz CT molecular complexity index is 1090. The molecule has 0 unspecified atom stereocenters. The molecule has 0 saturated heterocycles. The molecule has 2 heterocycles. The Labute approximate surface area is 163 Å². The second-order valence-corrected chi connectivity index (χ2v) is 8.26. The SMILES string of the molecule is CC(=O)c1ccc2c3c1op(C)oc1c(C(C)=O)ccc(c13)O[C@@H](C)[C@H](C)O2. The molecule has 1 aliphatic heterocycles. The summed E-state index contributed by atoms with van der Waals surface area (Å²) >= 11 is 0. The highest BCUT2D eigenvalue weighted by molar-refractivity contribution is 7.35. The normalized spacial score (nSPS) is 18.3. The fourth-order valence-electron chi connectivity index (χ4n) is 3.41. The van der Waals surface area contributed by atoms with Crippen LogP contribution in [0.1, 0.15) is 48.4 Å². The van der Waals surface area contributed by atoms with E-state index in [9.17, 15) is 9.59 Å². The number of hydrogen-bond donors (Lipinski definition) is 0. The van der Waals surface area contributed by atoms with Gasteiger partial charge in [-0.3, -0.25) is 9.59 Å². The average Bonchev–Trinajstić information content (AvgIpc) is 2.76. The summed E-state index contributed by atoms with van der Waals surface area (Å²) in [5.41, 5.74) is 1.69. The van der Waals surface area contributed by atoms with Gasteiger partial charge in [-0.2, -0.15) is 0 Å². The van der Waals surface area contributed by atoms with Crippen LogP contribution >= 0.6 is 8.01 Å². The van der Waals surface area contributed by atoms with Gasteiger partial charge in [0.2, 0.25) is 8.01 Å². The van der Waals surface area contributed by atoms with Crippen molar-refractivity contribution in [3.8, 4) is 11.5 Å². The number of benzene rings is 2. The van der Waals surface area contributed by atoms with E-state index in [4.69, 9.17) is 17.9 Å². The lowest BCUT2D eigenvalue weighted by Crippen LogP contribution is -2.32. The zero-order valence-corrected chi connectivity index (χ0v) is 17.3. The molecular weight excluding hydrogens is 379 g/mol. The van der Waals surface area contributed by atoms with E-state index in [0.717, 1.165) is 0 Å². The Kier molecular flexibility index (Phi) is 4.47. The van der Waals surface area contributed by atoms with Crippen molar-refractivity contribution in [1.82, 2.24) is 0 Å². The van der Waals surface area contributed by atoms with Gasteiger partial charge in [-0.1, -0.05) is 0 Å². The van der Waals surface area contributed by atoms with Gasteiger partial charge in [0.1, 0.15) is 23.7 Å². The van der Waals surface area contributed by atoms with Crippen molar-refractivity contribution in [2.45, 2.75) is 39.9 Å². The van der Waals surface area contributed by atoms with Crippen LogP contribution in [0.3, 0.4) is 0 Å². The van der Waals surface area contributed by atoms with Gasteiger partial charge in [-0.15, -0.1) is 0 Å². The maximum Gasteiger partial charge on any atom is 0.213 e. The summed E-state index contributed by atoms with van der Waals surface area (Å²) in [6.45, 7) is 8.61. The summed E-state index contributed by atoms with van der Waals surface area (Å²) in [6.07, 6.45) is -0.465. The number of carbonyl (C=O) groups is 2. The second-order valence-electron chi connectivity index (χ2n) is 7.01. The Morgan fingerprint density at radius 1 is 0.786 bits per heavy atom. The van der Waals surface area contributed by atoms with Crippen molar-refractivity contribution in [2.75, 3.05) is 0 Å². The maximum absolute atomic E-state index is 12.3. The lowest BCUT2D eigenvalue weighted by atomic mass is 10.00. The number of Topliss-reactive ketones (excluding diaryl/α,β-unsaturated/α-hetero) is 2. The largest absolute Gasteiger partial charge is 0.486 e. The standard InChI is InChI=1S/C21H21O6P/c1-10(22)14-6-8-16-18-19-17(25-13(4)12(3)24-16)9-7-15(11(2)23)21(19)27-28(5)26-20(14)18/h6-9,12-13H,1-5H3/t12-,13-/m0/s1. The Morgan fingerprint density at radius 2 is 1.18 bits per heavy atom. The van der Waals surface area contributed by atoms with Crippen molar-refractivity contribution in [1.29, 1.82) is 0 Å². The third-order valence-electron chi connectivity index (χ3n) is 4.97. The highest BCUT2D eigenvalue weighted by Gasteiger charge is 2.27. The molecule has 2 atom stereocenters. The zero-order chi connectivity index (χ0) is 20.2. The minimum absolute atomic E-state index is 0.127. The minimum atomic E-state index is -1.43. The van der Waals surface area contributed by atoms with Gasteiger partial charge in [-0.25, -0.2) is 0 Å². The molecule has 1 aromatic heterocycles. The summed E-state index contributed by atoms with van der Waals surface area (Å²) in [6, 6.07) is 6.95. The van der Waals surface area contributed by atoms with Crippen molar-refractivity contribution < 1.29 is 27.5 Å². The molecule has 4 rings (SSSR count). The third kappa shape index (κ3) is 2.89. The molecule has 7 heteroatoms. The first-order chi connectivity index (χ1) is 13.3. The lowest BCUT2D eigenvalue weighted by molar-refractivity contribution is 0.0785. The number of ether oxygens (including phenoxy) is 2. The minimum Gasteiger partial charge on any atom is -0.486 e. The van der Waals surface area contributed by atoms with Gasteiger partial charge in [0.25, 0.3) is 0 Å². The topological polar surface area (TPSA) is 78.9 Å². The van der Waals surface area contributed by atoms with Crippen molar-refractivity contribution in [3.63, 3.8) is 0 Å². The first-order valence-corrected chi connectivity index (χ1v) is 10.7. The van der Waals surface area contributed by atoms with Crippen LogP contribution in [0.2, 0.25) is 0 Å². The van der Waals surface area contributed by atoms with E-state index in [-0.39, 0.29) is 23.8 Å². The molecule has 0 amide bonds. The molecule has 0 fully saturated rings. The van der Waals surface area contributed by atoms with Crippen LogP contribution in [0.5, 0.6) is 11.5 Å². The summed E-state index contributed by atoms with van der Waals surface area (Å²) in [5.74, 6) is 0.885. The van der Waals surface area contributed by atoms with Gasteiger partial charge in [0.15, 0.2) is 22.7 Å². The van der Waals surface area contributed by atoms with Gasteiger partial charge >= 0.3 is 0 Å².